The topological polar surface area (TPSA) is 134 Å². The number of pyridine rings is 2. The summed E-state index contributed by atoms with van der Waals surface area (Å²) in [7, 11) is 0. The molecule has 4 rings (SSSR count). The van der Waals surface area contributed by atoms with E-state index in [-0.39, 0.29) is 6.04 Å². The third kappa shape index (κ3) is 5.37. The van der Waals surface area contributed by atoms with Crippen LogP contribution in [0.4, 0.5) is 22.0 Å². The number of benzene rings is 1. The molecule has 0 spiro atoms. The van der Waals surface area contributed by atoms with Crippen molar-refractivity contribution in [3.63, 3.8) is 0 Å². The van der Waals surface area contributed by atoms with Crippen molar-refractivity contribution < 1.29 is 4.79 Å². The van der Waals surface area contributed by atoms with Crippen LogP contribution in [0.15, 0.2) is 67.5 Å². The van der Waals surface area contributed by atoms with Crippen LogP contribution in [0.5, 0.6) is 0 Å². The molecule has 4 N–H and O–H groups in total. The number of nitrogens with one attached hydrogen (secondary N) is 4. The molecular formula is C23H23N9O. The molecule has 10 nitrogen and oxygen atoms in total. The molecule has 0 bridgehead atoms. The van der Waals surface area contributed by atoms with E-state index in [1.807, 2.05) is 50.2 Å². The van der Waals surface area contributed by atoms with Gasteiger partial charge in [-0.25, -0.2) is 19.4 Å². The number of carbonyl (C=O) groups excluding carboxylic acids is 1. The molecule has 0 aliphatic heterocycles. The highest BCUT2D eigenvalue weighted by atomic mass is 16.2. The lowest BCUT2D eigenvalue weighted by Crippen LogP contribution is -2.31. The Kier molecular flexibility index (Phi) is 6.35. The van der Waals surface area contributed by atoms with Crippen LogP contribution in [0.2, 0.25) is 0 Å². The van der Waals surface area contributed by atoms with Gasteiger partial charge in [0, 0.05) is 29.4 Å². The average molecular weight is 441 g/mol. The van der Waals surface area contributed by atoms with Crippen LogP contribution in [0.1, 0.15) is 29.8 Å². The quantitative estimate of drug-likeness (QED) is 0.321. The number of nitrogens with zero attached hydrogens (tertiary/aromatic N) is 5. The summed E-state index contributed by atoms with van der Waals surface area (Å²) in [5.74, 6) is 0.344. The zero-order valence-corrected chi connectivity index (χ0v) is 18.1. The maximum Gasteiger partial charge on any atom is 0.320 e. The van der Waals surface area contributed by atoms with Gasteiger partial charge in [-0.2, -0.15) is 5.10 Å². The highest BCUT2D eigenvalue weighted by Gasteiger charge is 2.12. The molecule has 3 heterocycles. The van der Waals surface area contributed by atoms with Crippen LogP contribution in [-0.4, -0.2) is 37.0 Å². The fourth-order valence-electron chi connectivity index (χ4n) is 3.23. The first-order valence-corrected chi connectivity index (χ1v) is 10.2. The van der Waals surface area contributed by atoms with Gasteiger partial charge in [0.05, 0.1) is 23.6 Å². The lowest BCUT2D eigenvalue weighted by atomic mass is 10.1. The Morgan fingerprint density at radius 3 is 2.67 bits per heavy atom. The van der Waals surface area contributed by atoms with Crippen LogP contribution in [0, 0.1) is 12.3 Å². The summed E-state index contributed by atoms with van der Waals surface area (Å²) in [6, 6.07) is 12.4. The standard InChI is InChI=1S/C23H23N9O/c1-15-9-19(7-8-26-15)30-21-12-27-22(10-18(21)11-24)31-23(33)29-16(2)17-3-5-20(6-4-17)32-14-25-13-28-32/h3-14,16,24H,1-2H3,(H,26,30)(H2,27,29,31,33). The Bertz CT molecular complexity index is 1250. The fraction of sp³-hybridized carbons (Fsp3) is 0.130. The van der Waals surface area contributed by atoms with Gasteiger partial charge < -0.3 is 16.0 Å². The zero-order chi connectivity index (χ0) is 23.2. The Morgan fingerprint density at radius 1 is 1.15 bits per heavy atom. The van der Waals surface area contributed by atoms with Gasteiger partial charge in [0.1, 0.15) is 18.5 Å². The highest BCUT2D eigenvalue weighted by Crippen LogP contribution is 2.22. The van der Waals surface area contributed by atoms with E-state index in [0.29, 0.717) is 17.1 Å². The molecule has 0 saturated carbocycles. The molecule has 166 valence electrons. The molecule has 0 fully saturated rings. The second-order valence-corrected chi connectivity index (χ2v) is 7.36. The van der Waals surface area contributed by atoms with E-state index >= 15 is 0 Å². The first-order valence-electron chi connectivity index (χ1n) is 10.2. The van der Waals surface area contributed by atoms with Gasteiger partial charge in [-0.05, 0) is 49.7 Å². The fourth-order valence-corrected chi connectivity index (χ4v) is 3.23. The second-order valence-electron chi connectivity index (χ2n) is 7.36. The molecule has 0 radical (unpaired) electrons. The van der Waals surface area contributed by atoms with Gasteiger partial charge in [0.25, 0.3) is 0 Å². The van der Waals surface area contributed by atoms with Gasteiger partial charge in [-0.15, -0.1) is 0 Å². The summed E-state index contributed by atoms with van der Waals surface area (Å²) in [6.45, 7) is 3.79. The minimum absolute atomic E-state index is 0.229. The lowest BCUT2D eigenvalue weighted by Gasteiger charge is -2.16. The number of carbonyl (C=O) groups is 1. The lowest BCUT2D eigenvalue weighted by molar-refractivity contribution is 0.249. The van der Waals surface area contributed by atoms with Crippen molar-refractivity contribution in [2.75, 3.05) is 10.6 Å². The van der Waals surface area contributed by atoms with E-state index < -0.39 is 6.03 Å². The summed E-state index contributed by atoms with van der Waals surface area (Å²) in [5, 5.41) is 20.7. The van der Waals surface area contributed by atoms with Crippen LogP contribution in [-0.2, 0) is 0 Å². The number of anilines is 3. The Hall–Kier alpha value is -4.60. The molecule has 3 aromatic heterocycles. The largest absolute Gasteiger partial charge is 0.354 e. The summed E-state index contributed by atoms with van der Waals surface area (Å²) in [5.41, 5.74) is 4.78. The second kappa shape index (κ2) is 9.69. The summed E-state index contributed by atoms with van der Waals surface area (Å²) >= 11 is 0. The molecule has 1 atom stereocenters. The van der Waals surface area contributed by atoms with Gasteiger partial charge >= 0.3 is 6.03 Å². The van der Waals surface area contributed by atoms with Gasteiger partial charge in [-0.1, -0.05) is 12.1 Å². The van der Waals surface area contributed by atoms with Gasteiger partial charge in [0.2, 0.25) is 0 Å². The van der Waals surface area contributed by atoms with E-state index in [4.69, 9.17) is 5.41 Å². The molecule has 1 unspecified atom stereocenters. The molecule has 1 aromatic carbocycles. The average Bonchev–Trinajstić information content (AvgIpc) is 3.35. The SMILES string of the molecule is Cc1cc(Nc2cnc(NC(=O)NC(C)c3ccc(-n4cncn4)cc3)cc2C=N)ccn1. The minimum Gasteiger partial charge on any atom is -0.354 e. The molecule has 0 saturated heterocycles. The summed E-state index contributed by atoms with van der Waals surface area (Å²) in [4.78, 5) is 24.9. The first-order chi connectivity index (χ1) is 16.0. The molecule has 0 aliphatic carbocycles. The number of hydrogen-bond acceptors (Lipinski definition) is 7. The number of amides is 2. The van der Waals surface area contributed by atoms with Crippen LogP contribution < -0.4 is 16.0 Å². The highest BCUT2D eigenvalue weighted by molar-refractivity contribution is 5.92. The predicted molar refractivity (Wildman–Crippen MR) is 126 cm³/mol. The van der Waals surface area contributed by atoms with Crippen LogP contribution in [0.3, 0.4) is 0 Å². The molecule has 10 heteroatoms. The van der Waals surface area contributed by atoms with Crippen LogP contribution >= 0.6 is 0 Å². The van der Waals surface area contributed by atoms with Gasteiger partial charge in [0.15, 0.2) is 0 Å². The Morgan fingerprint density at radius 2 is 1.97 bits per heavy atom. The van der Waals surface area contributed by atoms with E-state index in [0.717, 1.165) is 22.6 Å². The van der Waals surface area contributed by atoms with E-state index in [2.05, 4.69) is 36.0 Å². The third-order valence-electron chi connectivity index (χ3n) is 4.93. The zero-order valence-electron chi connectivity index (χ0n) is 18.1. The van der Waals surface area contributed by atoms with E-state index in [9.17, 15) is 4.79 Å². The number of aromatic nitrogens is 5. The molecule has 4 aromatic rings. The number of rotatable bonds is 7. The summed E-state index contributed by atoms with van der Waals surface area (Å²) in [6.07, 6.45) is 7.60. The molecule has 0 aliphatic rings. The maximum atomic E-state index is 12.5. The maximum absolute atomic E-state index is 12.5. The normalized spacial score (nSPS) is 11.5. The molecule has 2 amide bonds. The first kappa shape index (κ1) is 21.6. The molecule has 33 heavy (non-hydrogen) atoms. The van der Waals surface area contributed by atoms with E-state index in [1.54, 1.807) is 29.5 Å². The Balaban J connectivity index is 1.39. The third-order valence-corrected chi connectivity index (χ3v) is 4.93. The van der Waals surface area contributed by atoms with Crippen molar-refractivity contribution in [2.24, 2.45) is 0 Å². The Labute approximate surface area is 190 Å². The number of aryl methyl sites for hydroxylation is 1. The molecular weight excluding hydrogens is 418 g/mol. The van der Waals surface area contributed by atoms with Crippen molar-refractivity contribution in [3.05, 3.63) is 84.3 Å². The van der Waals surface area contributed by atoms with E-state index in [1.165, 1.54) is 12.5 Å². The van der Waals surface area contributed by atoms with Crippen molar-refractivity contribution in [1.82, 2.24) is 30.0 Å². The van der Waals surface area contributed by atoms with Crippen molar-refractivity contribution in [1.29, 1.82) is 5.41 Å². The minimum atomic E-state index is -0.392. The monoisotopic (exact) mass is 441 g/mol. The predicted octanol–water partition coefficient (Wildman–Crippen LogP) is 3.99. The number of urea groups is 1. The van der Waals surface area contributed by atoms with Gasteiger partial charge in [-0.3, -0.25) is 10.3 Å². The number of hydrogen-bond donors (Lipinski definition) is 4. The summed E-state index contributed by atoms with van der Waals surface area (Å²) < 4.78 is 1.66. The van der Waals surface area contributed by atoms with Crippen molar-refractivity contribution in [3.8, 4) is 5.69 Å². The van der Waals surface area contributed by atoms with Crippen LogP contribution in [0.25, 0.3) is 5.69 Å². The smallest absolute Gasteiger partial charge is 0.320 e. The van der Waals surface area contributed by atoms with Crippen molar-refractivity contribution >= 4 is 29.4 Å². The van der Waals surface area contributed by atoms with Crippen molar-refractivity contribution in [2.45, 2.75) is 19.9 Å².